The molecule has 6 heteroatoms. The molecule has 3 rings (SSSR count). The lowest BCUT2D eigenvalue weighted by molar-refractivity contribution is -0.131. The average molecular weight is 401 g/mol. The fourth-order valence-corrected chi connectivity index (χ4v) is 3.55. The lowest BCUT2D eigenvalue weighted by Gasteiger charge is -2.23. The van der Waals surface area contributed by atoms with Crippen molar-refractivity contribution in [1.82, 2.24) is 9.80 Å². The first-order valence-electron chi connectivity index (χ1n) is 9.53. The van der Waals surface area contributed by atoms with Crippen molar-refractivity contribution in [2.75, 3.05) is 33.3 Å². The zero-order valence-electron chi connectivity index (χ0n) is 16.1. The lowest BCUT2D eigenvalue weighted by Crippen LogP contribution is -2.37. The number of benzene rings is 2. The van der Waals surface area contributed by atoms with Crippen LogP contribution >= 0.6 is 11.6 Å². The van der Waals surface area contributed by atoms with Crippen LogP contribution in [0.25, 0.3) is 0 Å². The van der Waals surface area contributed by atoms with Crippen LogP contribution < -0.4 is 4.74 Å². The fraction of sp³-hybridized carbons (Fsp3) is 0.364. The number of carbonyl (C=O) groups excluding carboxylic acids is 2. The van der Waals surface area contributed by atoms with Gasteiger partial charge in [0.2, 0.25) is 5.91 Å². The van der Waals surface area contributed by atoms with E-state index in [2.05, 4.69) is 0 Å². The van der Waals surface area contributed by atoms with Gasteiger partial charge in [0.1, 0.15) is 5.75 Å². The van der Waals surface area contributed by atoms with Gasteiger partial charge < -0.3 is 14.5 Å². The lowest BCUT2D eigenvalue weighted by atomic mass is 10.1. The molecule has 0 aromatic heterocycles. The van der Waals surface area contributed by atoms with Gasteiger partial charge in [-0.1, -0.05) is 35.9 Å². The second-order valence-corrected chi connectivity index (χ2v) is 7.29. The second-order valence-electron chi connectivity index (χ2n) is 6.85. The van der Waals surface area contributed by atoms with Crippen molar-refractivity contribution in [3.63, 3.8) is 0 Å². The van der Waals surface area contributed by atoms with Crippen LogP contribution in [0.3, 0.4) is 0 Å². The third kappa shape index (κ3) is 5.04. The molecule has 0 radical (unpaired) electrons. The first kappa shape index (κ1) is 20.2. The average Bonchev–Trinajstić information content (AvgIpc) is 2.99. The van der Waals surface area contributed by atoms with Crippen molar-refractivity contribution in [2.45, 2.75) is 19.3 Å². The molecule has 28 heavy (non-hydrogen) atoms. The Morgan fingerprint density at radius 3 is 2.39 bits per heavy atom. The van der Waals surface area contributed by atoms with Crippen LogP contribution in [0.2, 0.25) is 5.02 Å². The fourth-order valence-electron chi connectivity index (χ4n) is 3.42. The summed E-state index contributed by atoms with van der Waals surface area (Å²) in [5.41, 5.74) is 1.66. The number of ether oxygens (including phenoxy) is 1. The van der Waals surface area contributed by atoms with E-state index in [4.69, 9.17) is 16.3 Å². The van der Waals surface area contributed by atoms with Crippen LogP contribution in [0.5, 0.6) is 5.75 Å². The van der Waals surface area contributed by atoms with Crippen molar-refractivity contribution in [1.29, 1.82) is 0 Å². The Balaban J connectivity index is 1.56. The molecule has 1 heterocycles. The standard InChI is InChI=1S/C22H25ClN2O3/c1-28-20-6-3-2-5-19(20)22(27)25-14-4-13-24(15-16-25)21(26)12-9-17-7-10-18(23)11-8-17/h2-3,5-8,10-11H,4,9,12-16H2,1H3. The van der Waals surface area contributed by atoms with Crippen molar-refractivity contribution < 1.29 is 14.3 Å². The smallest absolute Gasteiger partial charge is 0.257 e. The minimum Gasteiger partial charge on any atom is -0.496 e. The maximum Gasteiger partial charge on any atom is 0.257 e. The van der Waals surface area contributed by atoms with E-state index in [0.717, 1.165) is 12.0 Å². The van der Waals surface area contributed by atoms with E-state index in [-0.39, 0.29) is 11.8 Å². The number of rotatable bonds is 5. The maximum atomic E-state index is 12.9. The SMILES string of the molecule is COc1ccccc1C(=O)N1CCCN(C(=O)CCc2ccc(Cl)cc2)CC1. The van der Waals surface area contributed by atoms with Gasteiger partial charge in [0.15, 0.2) is 0 Å². The van der Waals surface area contributed by atoms with Gasteiger partial charge in [-0.25, -0.2) is 0 Å². The minimum atomic E-state index is -0.0482. The summed E-state index contributed by atoms with van der Waals surface area (Å²) < 4.78 is 5.31. The molecule has 0 aliphatic carbocycles. The zero-order chi connectivity index (χ0) is 19.9. The van der Waals surface area contributed by atoms with E-state index >= 15 is 0 Å². The van der Waals surface area contributed by atoms with Crippen molar-refractivity contribution in [3.05, 3.63) is 64.7 Å². The maximum absolute atomic E-state index is 12.9. The molecule has 1 saturated heterocycles. The van der Waals surface area contributed by atoms with Crippen molar-refractivity contribution >= 4 is 23.4 Å². The summed E-state index contributed by atoms with van der Waals surface area (Å²) in [5.74, 6) is 0.655. The molecule has 2 amide bonds. The van der Waals surface area contributed by atoms with E-state index in [0.29, 0.717) is 55.4 Å². The van der Waals surface area contributed by atoms with Gasteiger partial charge in [0, 0.05) is 37.6 Å². The third-order valence-electron chi connectivity index (χ3n) is 5.01. The first-order chi connectivity index (χ1) is 13.6. The Bertz CT molecular complexity index is 823. The van der Waals surface area contributed by atoms with Gasteiger partial charge in [0.05, 0.1) is 12.7 Å². The normalized spacial score (nSPS) is 14.5. The summed E-state index contributed by atoms with van der Waals surface area (Å²) in [6.07, 6.45) is 1.92. The van der Waals surface area contributed by atoms with Crippen molar-refractivity contribution in [3.8, 4) is 5.75 Å². The zero-order valence-corrected chi connectivity index (χ0v) is 16.8. The number of hydrogen-bond acceptors (Lipinski definition) is 3. The molecule has 148 valence electrons. The highest BCUT2D eigenvalue weighted by molar-refractivity contribution is 6.30. The number of halogens is 1. The Morgan fingerprint density at radius 2 is 1.64 bits per heavy atom. The van der Waals surface area contributed by atoms with Gasteiger partial charge >= 0.3 is 0 Å². The molecule has 0 spiro atoms. The molecule has 0 unspecified atom stereocenters. The van der Waals surface area contributed by atoms with Gasteiger partial charge in [-0.2, -0.15) is 0 Å². The molecule has 1 aliphatic heterocycles. The molecular weight excluding hydrogens is 376 g/mol. The van der Waals surface area contributed by atoms with Gasteiger partial charge in [-0.15, -0.1) is 0 Å². The number of methoxy groups -OCH3 is 1. The Kier molecular flexibility index (Phi) is 6.93. The first-order valence-corrected chi connectivity index (χ1v) is 9.91. The molecule has 0 atom stereocenters. The predicted octanol–water partition coefficient (Wildman–Crippen LogP) is 3.66. The van der Waals surface area contributed by atoms with Gasteiger partial charge in [-0.05, 0) is 42.7 Å². The number of carbonyl (C=O) groups is 2. The molecule has 5 nitrogen and oxygen atoms in total. The van der Waals surface area contributed by atoms with Crippen LogP contribution in [-0.2, 0) is 11.2 Å². The molecule has 0 saturated carbocycles. The highest BCUT2D eigenvalue weighted by Gasteiger charge is 2.24. The number of para-hydroxylation sites is 1. The van der Waals surface area contributed by atoms with Crippen LogP contribution in [0.4, 0.5) is 0 Å². The van der Waals surface area contributed by atoms with E-state index in [9.17, 15) is 9.59 Å². The largest absolute Gasteiger partial charge is 0.496 e. The summed E-state index contributed by atoms with van der Waals surface area (Å²) in [6.45, 7) is 2.40. The Morgan fingerprint density at radius 1 is 0.964 bits per heavy atom. The molecule has 0 N–H and O–H groups in total. The summed E-state index contributed by atoms with van der Waals surface area (Å²) >= 11 is 5.90. The predicted molar refractivity (Wildman–Crippen MR) is 110 cm³/mol. The summed E-state index contributed by atoms with van der Waals surface area (Å²) in [7, 11) is 1.57. The molecule has 0 bridgehead atoms. The van der Waals surface area contributed by atoms with E-state index < -0.39 is 0 Å². The van der Waals surface area contributed by atoms with Crippen LogP contribution in [-0.4, -0.2) is 54.9 Å². The van der Waals surface area contributed by atoms with E-state index in [1.807, 2.05) is 46.2 Å². The highest BCUT2D eigenvalue weighted by atomic mass is 35.5. The van der Waals surface area contributed by atoms with E-state index in [1.54, 1.807) is 19.2 Å². The molecule has 2 aromatic rings. The van der Waals surface area contributed by atoms with Gasteiger partial charge in [0.25, 0.3) is 5.91 Å². The number of hydrogen-bond donors (Lipinski definition) is 0. The number of aryl methyl sites for hydroxylation is 1. The Hall–Kier alpha value is -2.53. The quantitative estimate of drug-likeness (QED) is 0.769. The molecule has 2 aromatic carbocycles. The van der Waals surface area contributed by atoms with Gasteiger partial charge in [-0.3, -0.25) is 9.59 Å². The molecule has 1 aliphatic rings. The second kappa shape index (κ2) is 9.60. The van der Waals surface area contributed by atoms with Crippen LogP contribution in [0.1, 0.15) is 28.8 Å². The number of nitrogens with zero attached hydrogens (tertiary/aromatic N) is 2. The van der Waals surface area contributed by atoms with Crippen LogP contribution in [0.15, 0.2) is 48.5 Å². The molecular formula is C22H25ClN2O3. The summed E-state index contributed by atoms with van der Waals surface area (Å²) in [4.78, 5) is 29.2. The van der Waals surface area contributed by atoms with Crippen LogP contribution in [0, 0.1) is 0 Å². The van der Waals surface area contributed by atoms with Crippen molar-refractivity contribution in [2.24, 2.45) is 0 Å². The Labute approximate surface area is 170 Å². The summed E-state index contributed by atoms with van der Waals surface area (Å²) in [6, 6.07) is 14.8. The minimum absolute atomic E-state index is 0.0482. The number of amides is 2. The van der Waals surface area contributed by atoms with E-state index in [1.165, 1.54) is 0 Å². The summed E-state index contributed by atoms with van der Waals surface area (Å²) in [5, 5.41) is 0.697. The topological polar surface area (TPSA) is 49.9 Å². The molecule has 1 fully saturated rings. The monoisotopic (exact) mass is 400 g/mol. The highest BCUT2D eigenvalue weighted by Crippen LogP contribution is 2.20. The third-order valence-corrected chi connectivity index (χ3v) is 5.27.